The Morgan fingerprint density at radius 3 is 2.68 bits per heavy atom. The molecule has 0 N–H and O–H groups in total. The molecule has 0 bridgehead atoms. The van der Waals surface area contributed by atoms with Crippen LogP contribution in [0, 0.1) is 0 Å². The summed E-state index contributed by atoms with van der Waals surface area (Å²) in [5.41, 5.74) is 6.55. The van der Waals surface area contributed by atoms with Crippen molar-refractivity contribution in [2.24, 2.45) is 0 Å². The van der Waals surface area contributed by atoms with Gasteiger partial charge in [0.2, 0.25) is 0 Å². The molecule has 1 aliphatic heterocycles. The lowest BCUT2D eigenvalue weighted by atomic mass is 10.1. The molecule has 31 heavy (non-hydrogen) atoms. The Kier molecular flexibility index (Phi) is 5.37. The number of hydrogen-bond donors (Lipinski definition) is 0. The fourth-order valence-corrected chi connectivity index (χ4v) is 3.88. The number of fused-ring (bicyclic) bond motifs is 1. The second kappa shape index (κ2) is 8.62. The van der Waals surface area contributed by atoms with Gasteiger partial charge >= 0.3 is 0 Å². The molecule has 0 unspecified atom stereocenters. The SMILES string of the molecule is COc1cccc(-c2ccc(CN3CCc4nc(-c5ccncc5)ncc4C3)cn2)c1. The van der Waals surface area contributed by atoms with Gasteiger partial charge in [-0.15, -0.1) is 0 Å². The van der Waals surface area contributed by atoms with Crippen molar-refractivity contribution in [1.82, 2.24) is 24.8 Å². The Balaban J connectivity index is 1.27. The highest BCUT2D eigenvalue weighted by molar-refractivity contribution is 5.61. The molecule has 154 valence electrons. The van der Waals surface area contributed by atoms with E-state index in [1.54, 1.807) is 19.5 Å². The summed E-state index contributed by atoms with van der Waals surface area (Å²) in [6.45, 7) is 2.68. The molecule has 0 spiro atoms. The Morgan fingerprint density at radius 2 is 1.87 bits per heavy atom. The van der Waals surface area contributed by atoms with Crippen molar-refractivity contribution in [3.8, 4) is 28.4 Å². The summed E-state index contributed by atoms with van der Waals surface area (Å²) in [7, 11) is 1.68. The van der Waals surface area contributed by atoms with Gasteiger partial charge in [-0.25, -0.2) is 9.97 Å². The van der Waals surface area contributed by atoms with Crippen molar-refractivity contribution in [3.05, 3.63) is 90.1 Å². The van der Waals surface area contributed by atoms with Crippen molar-refractivity contribution < 1.29 is 4.74 Å². The van der Waals surface area contributed by atoms with Crippen LogP contribution in [0.3, 0.4) is 0 Å². The number of nitrogens with zero attached hydrogens (tertiary/aromatic N) is 5. The first-order valence-corrected chi connectivity index (χ1v) is 10.4. The van der Waals surface area contributed by atoms with E-state index in [0.717, 1.165) is 60.1 Å². The fourth-order valence-electron chi connectivity index (χ4n) is 3.88. The van der Waals surface area contributed by atoms with Crippen LogP contribution in [0.5, 0.6) is 5.75 Å². The van der Waals surface area contributed by atoms with Crippen LogP contribution in [0.2, 0.25) is 0 Å². The standard InChI is InChI=1S/C25H23N5O/c1-31-22-4-2-3-20(13-22)23-6-5-18(14-27-23)16-30-12-9-24-21(17-30)15-28-25(29-24)19-7-10-26-11-8-19/h2-8,10-11,13-15H,9,12,16-17H2,1H3. The fraction of sp³-hybridized carbons (Fsp3) is 0.200. The van der Waals surface area contributed by atoms with Gasteiger partial charge in [-0.3, -0.25) is 14.9 Å². The third-order valence-corrected chi connectivity index (χ3v) is 5.55. The molecule has 0 saturated carbocycles. The van der Waals surface area contributed by atoms with E-state index < -0.39 is 0 Å². The van der Waals surface area contributed by atoms with Crippen LogP contribution in [0.25, 0.3) is 22.6 Å². The number of ether oxygens (including phenoxy) is 1. The molecule has 6 heteroatoms. The van der Waals surface area contributed by atoms with Crippen molar-refractivity contribution in [2.45, 2.75) is 19.5 Å². The van der Waals surface area contributed by atoms with Gasteiger partial charge in [0.25, 0.3) is 0 Å². The van der Waals surface area contributed by atoms with Gasteiger partial charge in [0.1, 0.15) is 5.75 Å². The van der Waals surface area contributed by atoms with Gasteiger partial charge in [-0.05, 0) is 35.9 Å². The Labute approximate surface area is 181 Å². The number of aromatic nitrogens is 4. The zero-order valence-electron chi connectivity index (χ0n) is 17.4. The largest absolute Gasteiger partial charge is 0.497 e. The lowest BCUT2D eigenvalue weighted by molar-refractivity contribution is 0.242. The summed E-state index contributed by atoms with van der Waals surface area (Å²) >= 11 is 0. The van der Waals surface area contributed by atoms with Crippen LogP contribution in [0.15, 0.2) is 73.3 Å². The van der Waals surface area contributed by atoms with E-state index in [1.165, 1.54) is 11.1 Å². The van der Waals surface area contributed by atoms with Crippen molar-refractivity contribution in [1.29, 1.82) is 0 Å². The summed E-state index contributed by atoms with van der Waals surface area (Å²) in [5.74, 6) is 1.61. The average Bonchev–Trinajstić information content (AvgIpc) is 2.85. The van der Waals surface area contributed by atoms with E-state index >= 15 is 0 Å². The first-order chi connectivity index (χ1) is 15.3. The topological polar surface area (TPSA) is 64.0 Å². The Bertz CT molecular complexity index is 1180. The molecule has 0 amide bonds. The smallest absolute Gasteiger partial charge is 0.159 e. The van der Waals surface area contributed by atoms with Crippen LogP contribution in [-0.4, -0.2) is 38.5 Å². The molecule has 0 fully saturated rings. The van der Waals surface area contributed by atoms with Crippen LogP contribution in [0.1, 0.15) is 16.8 Å². The summed E-state index contributed by atoms with van der Waals surface area (Å²) in [6.07, 6.45) is 8.40. The number of hydrogen-bond acceptors (Lipinski definition) is 6. The van der Waals surface area contributed by atoms with Gasteiger partial charge in [0, 0.05) is 67.5 Å². The lowest BCUT2D eigenvalue weighted by Crippen LogP contribution is -2.31. The maximum absolute atomic E-state index is 5.31. The van der Waals surface area contributed by atoms with E-state index in [9.17, 15) is 0 Å². The first-order valence-electron chi connectivity index (χ1n) is 10.4. The molecular weight excluding hydrogens is 386 g/mol. The maximum atomic E-state index is 5.31. The molecule has 0 saturated heterocycles. The van der Waals surface area contributed by atoms with E-state index in [1.807, 2.05) is 48.8 Å². The van der Waals surface area contributed by atoms with E-state index in [-0.39, 0.29) is 0 Å². The van der Waals surface area contributed by atoms with Gasteiger partial charge in [-0.2, -0.15) is 0 Å². The molecule has 6 nitrogen and oxygen atoms in total. The van der Waals surface area contributed by atoms with E-state index in [2.05, 4.69) is 32.0 Å². The molecule has 5 rings (SSSR count). The highest BCUT2D eigenvalue weighted by Gasteiger charge is 2.19. The first kappa shape index (κ1) is 19.3. The third-order valence-electron chi connectivity index (χ3n) is 5.55. The molecule has 4 heterocycles. The molecule has 0 radical (unpaired) electrons. The van der Waals surface area contributed by atoms with Crippen molar-refractivity contribution in [3.63, 3.8) is 0 Å². The minimum absolute atomic E-state index is 0.770. The maximum Gasteiger partial charge on any atom is 0.159 e. The quantitative estimate of drug-likeness (QED) is 0.493. The summed E-state index contributed by atoms with van der Waals surface area (Å²) < 4.78 is 5.31. The summed E-state index contributed by atoms with van der Waals surface area (Å²) in [5, 5.41) is 0. The molecular formula is C25H23N5O. The minimum Gasteiger partial charge on any atom is -0.497 e. The Hall–Kier alpha value is -3.64. The van der Waals surface area contributed by atoms with Crippen LogP contribution in [-0.2, 0) is 19.5 Å². The third kappa shape index (κ3) is 4.29. The molecule has 1 aromatic carbocycles. The lowest BCUT2D eigenvalue weighted by Gasteiger charge is -2.28. The predicted octanol–water partition coefficient (Wildman–Crippen LogP) is 4.17. The second-order valence-electron chi connectivity index (χ2n) is 7.65. The number of pyridine rings is 2. The van der Waals surface area contributed by atoms with Crippen LogP contribution in [0.4, 0.5) is 0 Å². The number of benzene rings is 1. The van der Waals surface area contributed by atoms with Gasteiger partial charge < -0.3 is 4.74 Å². The minimum atomic E-state index is 0.770. The van der Waals surface area contributed by atoms with Crippen molar-refractivity contribution in [2.75, 3.05) is 13.7 Å². The Morgan fingerprint density at radius 1 is 0.968 bits per heavy atom. The molecule has 4 aromatic rings. The zero-order valence-corrected chi connectivity index (χ0v) is 17.4. The number of rotatable bonds is 5. The van der Waals surface area contributed by atoms with Gasteiger partial charge in [0.05, 0.1) is 18.5 Å². The van der Waals surface area contributed by atoms with E-state index in [4.69, 9.17) is 9.72 Å². The second-order valence-corrected chi connectivity index (χ2v) is 7.65. The zero-order chi connectivity index (χ0) is 21.0. The van der Waals surface area contributed by atoms with E-state index in [0.29, 0.717) is 0 Å². The predicted molar refractivity (Wildman–Crippen MR) is 119 cm³/mol. The van der Waals surface area contributed by atoms with Crippen molar-refractivity contribution >= 4 is 0 Å². The number of methoxy groups -OCH3 is 1. The monoisotopic (exact) mass is 409 g/mol. The van der Waals surface area contributed by atoms with Crippen LogP contribution < -0.4 is 4.74 Å². The molecule has 1 aliphatic rings. The highest BCUT2D eigenvalue weighted by atomic mass is 16.5. The molecule has 0 atom stereocenters. The average molecular weight is 409 g/mol. The molecule has 0 aliphatic carbocycles. The molecule has 3 aromatic heterocycles. The normalized spacial score (nSPS) is 13.6. The van der Waals surface area contributed by atoms with Gasteiger partial charge in [0.15, 0.2) is 5.82 Å². The summed E-state index contributed by atoms with van der Waals surface area (Å²) in [4.78, 5) is 20.5. The highest BCUT2D eigenvalue weighted by Crippen LogP contribution is 2.24. The summed E-state index contributed by atoms with van der Waals surface area (Å²) in [6, 6.07) is 16.1. The van der Waals surface area contributed by atoms with Gasteiger partial charge in [-0.1, -0.05) is 18.2 Å². The van der Waals surface area contributed by atoms with Crippen LogP contribution >= 0.6 is 0 Å².